The maximum Gasteiger partial charge on any atom is 0.453 e. The minimum Gasteiger partial charge on any atom is -0.354 e. The number of anilines is 1. The number of hydrogen-bond donors (Lipinski definition) is 1. The van der Waals surface area contributed by atoms with Crippen molar-refractivity contribution in [2.45, 2.75) is 31.9 Å². The number of hydrogen-bond acceptors (Lipinski definition) is 6. The highest BCUT2D eigenvalue weighted by Crippen LogP contribution is 2.30. The quantitative estimate of drug-likeness (QED) is 0.758. The maximum absolute atomic E-state index is 13.0. The molecule has 25 heavy (non-hydrogen) atoms. The third-order valence-electron chi connectivity index (χ3n) is 4.23. The lowest BCUT2D eigenvalue weighted by atomic mass is 9.97. The van der Waals surface area contributed by atoms with Crippen LogP contribution >= 0.6 is 0 Å². The normalized spacial score (nSPS) is 18.9. The van der Waals surface area contributed by atoms with Gasteiger partial charge in [0.2, 0.25) is 0 Å². The van der Waals surface area contributed by atoms with E-state index in [-0.39, 0.29) is 11.6 Å². The number of alkyl halides is 3. The Hall–Kier alpha value is -2.72. The fourth-order valence-corrected chi connectivity index (χ4v) is 3.06. The Morgan fingerprint density at radius 2 is 2.08 bits per heavy atom. The molecule has 4 heterocycles. The number of aromatic nitrogens is 7. The fourth-order valence-electron chi connectivity index (χ4n) is 3.06. The summed E-state index contributed by atoms with van der Waals surface area (Å²) in [6.07, 6.45) is -2.80. The van der Waals surface area contributed by atoms with Crippen molar-refractivity contribution in [3.63, 3.8) is 0 Å². The topological polar surface area (TPSA) is 87.9 Å². The van der Waals surface area contributed by atoms with Gasteiger partial charge in [0.1, 0.15) is 11.6 Å². The molecule has 1 fully saturated rings. The van der Waals surface area contributed by atoms with Crippen LogP contribution in [0.5, 0.6) is 0 Å². The van der Waals surface area contributed by atoms with E-state index in [0.717, 1.165) is 29.0 Å². The summed E-state index contributed by atoms with van der Waals surface area (Å²) < 4.78 is 39.8. The number of fused-ring (bicyclic) bond motifs is 1. The standard InChI is InChI=1S/C14H15F3N8/c1-8-18-12(21-19-8)9-3-2-6-24(7-9)11-5-4-10-20-22-13(14(15,16)17)25(10)23-11/h4-5,9H,2-3,6-7H2,1H3,(H,18,19,21). The van der Waals surface area contributed by atoms with Crippen LogP contribution in [-0.4, -0.2) is 48.1 Å². The Kier molecular flexibility index (Phi) is 3.58. The molecule has 0 bridgehead atoms. The van der Waals surface area contributed by atoms with E-state index in [1.54, 1.807) is 6.07 Å². The zero-order valence-electron chi connectivity index (χ0n) is 13.3. The second-order valence-electron chi connectivity index (χ2n) is 6.05. The predicted molar refractivity (Wildman–Crippen MR) is 81.1 cm³/mol. The number of aromatic amines is 1. The summed E-state index contributed by atoms with van der Waals surface area (Å²) in [4.78, 5) is 6.31. The second-order valence-corrected chi connectivity index (χ2v) is 6.05. The lowest BCUT2D eigenvalue weighted by molar-refractivity contribution is -0.146. The van der Waals surface area contributed by atoms with E-state index < -0.39 is 12.0 Å². The molecule has 0 spiro atoms. The lowest BCUT2D eigenvalue weighted by Crippen LogP contribution is -2.35. The number of rotatable bonds is 2. The van der Waals surface area contributed by atoms with Crippen LogP contribution in [-0.2, 0) is 6.18 Å². The molecule has 1 saturated heterocycles. The number of aryl methyl sites for hydroxylation is 1. The lowest BCUT2D eigenvalue weighted by Gasteiger charge is -2.32. The van der Waals surface area contributed by atoms with Crippen molar-refractivity contribution in [3.05, 3.63) is 29.6 Å². The van der Waals surface area contributed by atoms with Gasteiger partial charge in [-0.25, -0.2) is 4.98 Å². The zero-order chi connectivity index (χ0) is 17.6. The van der Waals surface area contributed by atoms with E-state index in [0.29, 0.717) is 18.9 Å². The van der Waals surface area contributed by atoms with Crippen molar-refractivity contribution >= 4 is 11.5 Å². The van der Waals surface area contributed by atoms with Crippen molar-refractivity contribution in [3.8, 4) is 0 Å². The SMILES string of the molecule is Cc1nc(C2CCCN(c3ccc4nnc(C(F)(F)F)n4n3)C2)n[nH]1. The highest BCUT2D eigenvalue weighted by atomic mass is 19.4. The van der Waals surface area contributed by atoms with Crippen LogP contribution in [0.4, 0.5) is 19.0 Å². The predicted octanol–water partition coefficient (Wildman–Crippen LogP) is 1.95. The molecule has 1 N–H and O–H groups in total. The van der Waals surface area contributed by atoms with Gasteiger partial charge in [0.25, 0.3) is 5.82 Å². The molecule has 4 rings (SSSR count). The summed E-state index contributed by atoms with van der Waals surface area (Å²) in [7, 11) is 0. The molecule has 1 aliphatic heterocycles. The molecule has 0 aromatic carbocycles. The van der Waals surface area contributed by atoms with Crippen LogP contribution in [0.3, 0.4) is 0 Å². The largest absolute Gasteiger partial charge is 0.453 e. The van der Waals surface area contributed by atoms with E-state index in [1.165, 1.54) is 6.07 Å². The van der Waals surface area contributed by atoms with Crippen molar-refractivity contribution in [2.75, 3.05) is 18.0 Å². The summed E-state index contributed by atoms with van der Waals surface area (Å²) in [6, 6.07) is 3.15. The van der Waals surface area contributed by atoms with Gasteiger partial charge in [-0.15, -0.1) is 15.3 Å². The van der Waals surface area contributed by atoms with Gasteiger partial charge in [0.05, 0.1) is 0 Å². The molecule has 1 aliphatic rings. The van der Waals surface area contributed by atoms with Gasteiger partial charge in [-0.05, 0) is 31.9 Å². The summed E-state index contributed by atoms with van der Waals surface area (Å²) in [5.74, 6) is 0.908. The number of H-pyrrole nitrogens is 1. The van der Waals surface area contributed by atoms with Gasteiger partial charge in [0, 0.05) is 19.0 Å². The average molecular weight is 352 g/mol. The van der Waals surface area contributed by atoms with Crippen LogP contribution in [0.15, 0.2) is 12.1 Å². The van der Waals surface area contributed by atoms with Gasteiger partial charge in [-0.1, -0.05) is 0 Å². The van der Waals surface area contributed by atoms with Gasteiger partial charge < -0.3 is 4.90 Å². The summed E-state index contributed by atoms with van der Waals surface area (Å²) in [6.45, 7) is 3.14. The van der Waals surface area contributed by atoms with Crippen LogP contribution in [0.25, 0.3) is 5.65 Å². The number of nitrogens with one attached hydrogen (secondary N) is 1. The van der Waals surface area contributed by atoms with E-state index in [4.69, 9.17) is 0 Å². The molecular weight excluding hydrogens is 337 g/mol. The van der Waals surface area contributed by atoms with Crippen molar-refractivity contribution in [2.24, 2.45) is 0 Å². The molecule has 3 aromatic heterocycles. The van der Waals surface area contributed by atoms with E-state index in [9.17, 15) is 13.2 Å². The van der Waals surface area contributed by atoms with Crippen molar-refractivity contribution in [1.82, 2.24) is 35.0 Å². The van der Waals surface area contributed by atoms with E-state index in [2.05, 4.69) is 30.5 Å². The first-order valence-corrected chi connectivity index (χ1v) is 7.85. The first-order valence-electron chi connectivity index (χ1n) is 7.85. The molecule has 0 amide bonds. The van der Waals surface area contributed by atoms with Crippen molar-refractivity contribution < 1.29 is 13.2 Å². The van der Waals surface area contributed by atoms with E-state index >= 15 is 0 Å². The Labute approximate surface area is 140 Å². The molecule has 0 radical (unpaired) electrons. The minimum atomic E-state index is -4.61. The maximum atomic E-state index is 13.0. The zero-order valence-corrected chi connectivity index (χ0v) is 13.3. The third kappa shape index (κ3) is 2.89. The smallest absolute Gasteiger partial charge is 0.354 e. The Balaban J connectivity index is 1.64. The Bertz CT molecular complexity index is 899. The van der Waals surface area contributed by atoms with Gasteiger partial charge >= 0.3 is 6.18 Å². The molecule has 8 nitrogen and oxygen atoms in total. The molecule has 11 heteroatoms. The highest BCUT2D eigenvalue weighted by molar-refractivity contribution is 5.46. The van der Waals surface area contributed by atoms with E-state index in [1.807, 2.05) is 11.8 Å². The van der Waals surface area contributed by atoms with Gasteiger partial charge in [-0.2, -0.15) is 22.8 Å². The van der Waals surface area contributed by atoms with Crippen LogP contribution < -0.4 is 4.90 Å². The molecule has 0 aliphatic carbocycles. The van der Waals surface area contributed by atoms with Crippen LogP contribution in [0, 0.1) is 6.92 Å². The summed E-state index contributed by atoms with van der Waals surface area (Å²) >= 11 is 0. The molecule has 1 unspecified atom stereocenters. The van der Waals surface area contributed by atoms with Crippen LogP contribution in [0.1, 0.15) is 36.2 Å². The molecule has 0 saturated carbocycles. The summed E-state index contributed by atoms with van der Waals surface area (Å²) in [5, 5.41) is 17.9. The number of nitrogens with zero attached hydrogens (tertiary/aromatic N) is 7. The van der Waals surface area contributed by atoms with Crippen LogP contribution in [0.2, 0.25) is 0 Å². The second kappa shape index (κ2) is 5.67. The number of halogens is 3. The molecular formula is C14H15F3N8. The molecule has 3 aromatic rings. The Morgan fingerprint density at radius 3 is 2.80 bits per heavy atom. The summed E-state index contributed by atoms with van der Waals surface area (Å²) in [5.41, 5.74) is 0.0641. The first-order chi connectivity index (χ1) is 11.9. The highest BCUT2D eigenvalue weighted by Gasteiger charge is 2.38. The average Bonchev–Trinajstić information content (AvgIpc) is 3.20. The molecule has 132 valence electrons. The third-order valence-corrected chi connectivity index (χ3v) is 4.23. The molecule has 1 atom stereocenters. The minimum absolute atomic E-state index is 0.0641. The Morgan fingerprint density at radius 1 is 1.24 bits per heavy atom. The first kappa shape index (κ1) is 15.8. The van der Waals surface area contributed by atoms with Gasteiger partial charge in [-0.3, -0.25) is 5.10 Å². The number of piperidine rings is 1. The monoisotopic (exact) mass is 352 g/mol. The van der Waals surface area contributed by atoms with Crippen molar-refractivity contribution in [1.29, 1.82) is 0 Å². The van der Waals surface area contributed by atoms with Gasteiger partial charge in [0.15, 0.2) is 11.5 Å². The fraction of sp³-hybridized carbons (Fsp3) is 0.500.